The third-order valence-corrected chi connectivity index (χ3v) is 5.67. The predicted molar refractivity (Wildman–Crippen MR) is 110 cm³/mol. The van der Waals surface area contributed by atoms with Crippen LogP contribution in [-0.4, -0.2) is 25.0 Å². The second-order valence-corrected chi connectivity index (χ2v) is 7.86. The summed E-state index contributed by atoms with van der Waals surface area (Å²) in [5, 5.41) is 5.29. The molecule has 4 rings (SSSR count). The number of fused-ring (bicyclic) bond motifs is 1. The van der Waals surface area contributed by atoms with Gasteiger partial charge in [0.15, 0.2) is 6.61 Å². The van der Waals surface area contributed by atoms with E-state index in [0.29, 0.717) is 16.5 Å². The molecule has 1 N–H and O–H groups in total. The topological polar surface area (TPSA) is 58.6 Å². The molecule has 1 unspecified atom stereocenters. The van der Waals surface area contributed by atoms with Crippen LogP contribution in [0.3, 0.4) is 0 Å². The van der Waals surface area contributed by atoms with Gasteiger partial charge in [0.05, 0.1) is 11.7 Å². The highest BCUT2D eigenvalue weighted by molar-refractivity contribution is 7.10. The zero-order chi connectivity index (χ0) is 20.4. The van der Waals surface area contributed by atoms with Crippen LogP contribution in [0.1, 0.15) is 16.5 Å². The number of anilines is 1. The summed E-state index contributed by atoms with van der Waals surface area (Å²) in [5.41, 5.74) is 1.21. The van der Waals surface area contributed by atoms with Gasteiger partial charge in [-0.3, -0.25) is 14.5 Å². The fourth-order valence-corrected chi connectivity index (χ4v) is 4.10. The summed E-state index contributed by atoms with van der Waals surface area (Å²) in [4.78, 5) is 27.5. The molecule has 0 aliphatic carbocycles. The molecule has 3 aromatic rings. The van der Waals surface area contributed by atoms with E-state index in [1.54, 1.807) is 30.3 Å². The molecule has 8 heteroatoms. The van der Waals surface area contributed by atoms with Crippen molar-refractivity contribution in [3.8, 4) is 5.75 Å². The SMILES string of the molecule is O=C(CN1C(=O)COc2ccc(Cl)cc21)NC(c1ccc(F)cc1)c1cccs1. The Balaban J connectivity index is 1.57. The lowest BCUT2D eigenvalue weighted by Gasteiger charge is -2.29. The Kier molecular flexibility index (Phi) is 5.51. The number of halogens is 2. The van der Waals surface area contributed by atoms with Gasteiger partial charge in [-0.25, -0.2) is 4.39 Å². The highest BCUT2D eigenvalue weighted by Crippen LogP contribution is 2.34. The number of nitrogens with zero attached hydrogens (tertiary/aromatic N) is 1. The molecule has 0 spiro atoms. The summed E-state index contributed by atoms with van der Waals surface area (Å²) in [5.74, 6) is -0.536. The molecule has 0 saturated carbocycles. The van der Waals surface area contributed by atoms with E-state index in [1.807, 2.05) is 17.5 Å². The Morgan fingerprint density at radius 3 is 2.76 bits per heavy atom. The number of nitrogens with one attached hydrogen (secondary N) is 1. The average Bonchev–Trinajstić information content (AvgIpc) is 3.24. The third-order valence-electron chi connectivity index (χ3n) is 4.50. The molecule has 148 valence electrons. The molecule has 1 atom stereocenters. The smallest absolute Gasteiger partial charge is 0.265 e. The minimum absolute atomic E-state index is 0.145. The fourth-order valence-electron chi connectivity index (χ4n) is 3.13. The second kappa shape index (κ2) is 8.23. The molecule has 2 heterocycles. The first-order valence-corrected chi connectivity index (χ1v) is 10.1. The Hall–Kier alpha value is -2.90. The van der Waals surface area contributed by atoms with Crippen LogP contribution >= 0.6 is 22.9 Å². The van der Waals surface area contributed by atoms with Gasteiger partial charge >= 0.3 is 0 Å². The van der Waals surface area contributed by atoms with Crippen molar-refractivity contribution in [2.24, 2.45) is 0 Å². The molecular weight excluding hydrogens is 415 g/mol. The van der Waals surface area contributed by atoms with Gasteiger partial charge in [0.25, 0.3) is 5.91 Å². The number of carbonyl (C=O) groups is 2. The van der Waals surface area contributed by atoms with Gasteiger partial charge in [-0.1, -0.05) is 29.8 Å². The molecule has 0 bridgehead atoms. The van der Waals surface area contributed by atoms with Gasteiger partial charge in [-0.15, -0.1) is 11.3 Å². The molecule has 0 fully saturated rings. The van der Waals surface area contributed by atoms with Gasteiger partial charge < -0.3 is 10.1 Å². The summed E-state index contributed by atoms with van der Waals surface area (Å²) in [6, 6.07) is 14.2. The molecule has 5 nitrogen and oxygen atoms in total. The Bertz CT molecular complexity index is 1040. The minimum atomic E-state index is -0.446. The summed E-state index contributed by atoms with van der Waals surface area (Å²) in [6.07, 6.45) is 0. The van der Waals surface area contributed by atoms with E-state index in [2.05, 4.69) is 5.32 Å². The number of amides is 2. The van der Waals surface area contributed by atoms with E-state index in [0.717, 1.165) is 10.4 Å². The fraction of sp³-hybridized carbons (Fsp3) is 0.143. The molecule has 0 saturated heterocycles. The molecule has 0 radical (unpaired) electrons. The number of rotatable bonds is 5. The number of ether oxygens (including phenoxy) is 1. The molecule has 1 aliphatic heterocycles. The lowest BCUT2D eigenvalue weighted by Crippen LogP contribution is -2.45. The highest BCUT2D eigenvalue weighted by Gasteiger charge is 2.28. The average molecular weight is 431 g/mol. The van der Waals surface area contributed by atoms with Crippen molar-refractivity contribution >= 4 is 40.4 Å². The first-order valence-electron chi connectivity index (χ1n) is 8.82. The van der Waals surface area contributed by atoms with Crippen molar-refractivity contribution in [2.45, 2.75) is 6.04 Å². The first-order chi connectivity index (χ1) is 14.0. The van der Waals surface area contributed by atoms with Gasteiger partial charge in [0.1, 0.15) is 18.1 Å². The van der Waals surface area contributed by atoms with Crippen molar-refractivity contribution in [3.05, 3.63) is 81.3 Å². The van der Waals surface area contributed by atoms with Crippen LogP contribution in [0.5, 0.6) is 5.75 Å². The zero-order valence-corrected chi connectivity index (χ0v) is 16.7. The van der Waals surface area contributed by atoms with Crippen LogP contribution in [0.2, 0.25) is 5.02 Å². The van der Waals surface area contributed by atoms with Crippen molar-refractivity contribution in [1.82, 2.24) is 5.32 Å². The van der Waals surface area contributed by atoms with E-state index in [1.165, 1.54) is 28.4 Å². The highest BCUT2D eigenvalue weighted by atomic mass is 35.5. The van der Waals surface area contributed by atoms with E-state index >= 15 is 0 Å². The quantitative estimate of drug-likeness (QED) is 0.660. The first kappa shape index (κ1) is 19.4. The molecule has 29 heavy (non-hydrogen) atoms. The van der Waals surface area contributed by atoms with Gasteiger partial charge in [-0.05, 0) is 47.3 Å². The van der Waals surface area contributed by atoms with E-state index < -0.39 is 6.04 Å². The molecule has 2 amide bonds. The lowest BCUT2D eigenvalue weighted by molar-refractivity contribution is -0.125. The summed E-state index contributed by atoms with van der Waals surface area (Å²) in [7, 11) is 0. The van der Waals surface area contributed by atoms with Crippen LogP contribution < -0.4 is 15.0 Å². The van der Waals surface area contributed by atoms with Gasteiger partial charge in [0, 0.05) is 9.90 Å². The van der Waals surface area contributed by atoms with Crippen molar-refractivity contribution in [2.75, 3.05) is 18.1 Å². The van der Waals surface area contributed by atoms with Crippen LogP contribution in [0.25, 0.3) is 0 Å². The predicted octanol–water partition coefficient (Wildman–Crippen LogP) is 4.17. The van der Waals surface area contributed by atoms with Crippen molar-refractivity contribution in [1.29, 1.82) is 0 Å². The van der Waals surface area contributed by atoms with Crippen LogP contribution in [-0.2, 0) is 9.59 Å². The largest absolute Gasteiger partial charge is 0.482 e. The van der Waals surface area contributed by atoms with Crippen molar-refractivity contribution < 1.29 is 18.7 Å². The molecular formula is C21H16ClFN2O3S. The number of hydrogen-bond donors (Lipinski definition) is 1. The standard InChI is InChI=1S/C21H16ClFN2O3S/c22-14-5-8-17-16(10-14)25(20(27)12-28-17)11-19(26)24-21(18-2-1-9-29-18)13-3-6-15(23)7-4-13/h1-10,21H,11-12H2,(H,24,26). The third kappa shape index (κ3) is 4.26. The lowest BCUT2D eigenvalue weighted by atomic mass is 10.1. The monoisotopic (exact) mass is 430 g/mol. The van der Waals surface area contributed by atoms with Crippen LogP contribution in [0.4, 0.5) is 10.1 Å². The summed E-state index contributed by atoms with van der Waals surface area (Å²) in [6.45, 7) is -0.327. The normalized spacial score (nSPS) is 14.1. The number of thiophene rings is 1. The maximum absolute atomic E-state index is 13.3. The molecule has 2 aromatic carbocycles. The van der Waals surface area contributed by atoms with Gasteiger partial charge in [0.2, 0.25) is 5.91 Å². The second-order valence-electron chi connectivity index (χ2n) is 6.45. The number of carbonyl (C=O) groups excluding carboxylic acids is 2. The zero-order valence-electron chi connectivity index (χ0n) is 15.1. The van der Waals surface area contributed by atoms with E-state index in [-0.39, 0.29) is 30.8 Å². The molecule has 1 aromatic heterocycles. The minimum Gasteiger partial charge on any atom is -0.482 e. The Morgan fingerprint density at radius 1 is 1.24 bits per heavy atom. The number of benzene rings is 2. The maximum atomic E-state index is 13.3. The van der Waals surface area contributed by atoms with Crippen molar-refractivity contribution in [3.63, 3.8) is 0 Å². The number of hydrogen-bond acceptors (Lipinski definition) is 4. The van der Waals surface area contributed by atoms with Crippen LogP contribution in [0, 0.1) is 5.82 Å². The van der Waals surface area contributed by atoms with E-state index in [9.17, 15) is 14.0 Å². The maximum Gasteiger partial charge on any atom is 0.265 e. The van der Waals surface area contributed by atoms with Crippen LogP contribution in [0.15, 0.2) is 60.0 Å². The summed E-state index contributed by atoms with van der Waals surface area (Å²) < 4.78 is 18.7. The Morgan fingerprint density at radius 2 is 2.03 bits per heavy atom. The summed E-state index contributed by atoms with van der Waals surface area (Å²) >= 11 is 7.53. The van der Waals surface area contributed by atoms with E-state index in [4.69, 9.17) is 16.3 Å². The van der Waals surface area contributed by atoms with Gasteiger partial charge in [-0.2, -0.15) is 0 Å². The Labute approximate surface area is 175 Å². The molecule has 1 aliphatic rings.